The van der Waals surface area contributed by atoms with Crippen molar-refractivity contribution >= 4 is 12.0 Å². The normalized spacial score (nSPS) is 17.8. The minimum Gasteiger partial charge on any atom is -0.480 e. The lowest BCUT2D eigenvalue weighted by Crippen LogP contribution is -2.54. The number of carboxylic acids is 1. The van der Waals surface area contributed by atoms with Crippen molar-refractivity contribution in [3.63, 3.8) is 0 Å². The molecule has 1 aliphatic heterocycles. The Labute approximate surface area is 121 Å². The molecule has 1 atom stereocenters. The molecule has 116 valence electrons. The Hall–Kier alpha value is -1.30. The van der Waals surface area contributed by atoms with Crippen LogP contribution in [0.1, 0.15) is 33.6 Å². The van der Waals surface area contributed by atoms with Gasteiger partial charge < -0.3 is 20.2 Å². The van der Waals surface area contributed by atoms with Gasteiger partial charge in [-0.1, -0.05) is 6.92 Å². The summed E-state index contributed by atoms with van der Waals surface area (Å²) in [4.78, 5) is 26.7. The second-order valence-corrected chi connectivity index (χ2v) is 6.22. The molecule has 20 heavy (non-hydrogen) atoms. The van der Waals surface area contributed by atoms with Gasteiger partial charge in [-0.3, -0.25) is 0 Å². The molecule has 6 heteroatoms. The van der Waals surface area contributed by atoms with Gasteiger partial charge in [-0.2, -0.15) is 0 Å². The highest BCUT2D eigenvalue weighted by Crippen LogP contribution is 2.13. The van der Waals surface area contributed by atoms with Crippen LogP contribution in [0.2, 0.25) is 0 Å². The Morgan fingerprint density at radius 1 is 1.35 bits per heavy atom. The third-order valence-electron chi connectivity index (χ3n) is 4.04. The third kappa shape index (κ3) is 4.37. The zero-order valence-electron chi connectivity index (χ0n) is 13.0. The summed E-state index contributed by atoms with van der Waals surface area (Å²) in [5.41, 5.74) is -1.21. The molecule has 1 rings (SSSR count). The minimum atomic E-state index is -1.21. The van der Waals surface area contributed by atoms with Crippen molar-refractivity contribution < 1.29 is 14.7 Å². The molecule has 0 aromatic carbocycles. The molecular formula is C14H27N3O3. The average Bonchev–Trinajstić information content (AvgIpc) is 2.87. The summed E-state index contributed by atoms with van der Waals surface area (Å²) in [6, 6.07) is -0.342. The van der Waals surface area contributed by atoms with E-state index in [1.165, 1.54) is 38.6 Å². The van der Waals surface area contributed by atoms with E-state index in [4.69, 9.17) is 5.11 Å². The van der Waals surface area contributed by atoms with Gasteiger partial charge in [0, 0.05) is 20.1 Å². The number of amides is 2. The zero-order chi connectivity index (χ0) is 15.3. The topological polar surface area (TPSA) is 72.9 Å². The van der Waals surface area contributed by atoms with E-state index in [1.807, 2.05) is 0 Å². The number of likely N-dealkylation sites (N-methyl/N-ethyl adjacent to an activating group) is 1. The third-order valence-corrected chi connectivity index (χ3v) is 4.04. The number of carbonyl (C=O) groups is 2. The van der Waals surface area contributed by atoms with Gasteiger partial charge >= 0.3 is 12.0 Å². The van der Waals surface area contributed by atoms with Crippen LogP contribution in [-0.2, 0) is 4.79 Å². The minimum absolute atomic E-state index is 0.342. The van der Waals surface area contributed by atoms with Gasteiger partial charge in [-0.15, -0.1) is 0 Å². The molecule has 1 fully saturated rings. The van der Waals surface area contributed by atoms with Crippen molar-refractivity contribution in [3.8, 4) is 0 Å². The van der Waals surface area contributed by atoms with E-state index in [0.29, 0.717) is 12.5 Å². The lowest BCUT2D eigenvalue weighted by Gasteiger charge is -2.32. The number of urea groups is 1. The molecule has 0 aliphatic carbocycles. The van der Waals surface area contributed by atoms with E-state index in [1.54, 1.807) is 0 Å². The van der Waals surface area contributed by atoms with Gasteiger partial charge in [0.15, 0.2) is 0 Å². The van der Waals surface area contributed by atoms with E-state index in [-0.39, 0.29) is 6.03 Å². The van der Waals surface area contributed by atoms with Crippen molar-refractivity contribution in [3.05, 3.63) is 0 Å². The molecule has 2 N–H and O–H groups in total. The second-order valence-electron chi connectivity index (χ2n) is 6.22. The maximum atomic E-state index is 12.0. The summed E-state index contributed by atoms with van der Waals surface area (Å²) in [5, 5.41) is 11.9. The molecule has 2 amide bonds. The van der Waals surface area contributed by atoms with Crippen LogP contribution in [0.5, 0.6) is 0 Å². The highest BCUT2D eigenvalue weighted by molar-refractivity contribution is 5.85. The summed E-state index contributed by atoms with van der Waals surface area (Å²) >= 11 is 0. The highest BCUT2D eigenvalue weighted by Gasteiger charge is 2.35. The molecule has 0 aromatic rings. The van der Waals surface area contributed by atoms with Crippen molar-refractivity contribution in [2.24, 2.45) is 5.92 Å². The van der Waals surface area contributed by atoms with Crippen LogP contribution in [0.25, 0.3) is 0 Å². The zero-order valence-corrected chi connectivity index (χ0v) is 13.0. The number of carboxylic acid groups (broad SMARTS) is 1. The molecule has 0 saturated carbocycles. The summed E-state index contributed by atoms with van der Waals surface area (Å²) in [6.45, 7) is 8.96. The quantitative estimate of drug-likeness (QED) is 0.769. The van der Waals surface area contributed by atoms with Crippen LogP contribution >= 0.6 is 0 Å². The van der Waals surface area contributed by atoms with E-state index in [9.17, 15) is 9.59 Å². The first kappa shape index (κ1) is 16.8. The summed E-state index contributed by atoms with van der Waals surface area (Å²) in [5.74, 6) is -0.654. The number of nitrogens with zero attached hydrogens (tertiary/aromatic N) is 2. The largest absolute Gasteiger partial charge is 0.480 e. The van der Waals surface area contributed by atoms with Gasteiger partial charge in [0.05, 0.1) is 0 Å². The number of nitrogens with one attached hydrogen (secondary N) is 1. The van der Waals surface area contributed by atoms with E-state index in [0.717, 1.165) is 19.6 Å². The predicted octanol–water partition coefficient (Wildman–Crippen LogP) is 1.22. The lowest BCUT2D eigenvalue weighted by molar-refractivity contribution is -0.146. The van der Waals surface area contributed by atoms with Gasteiger partial charge in [0.1, 0.15) is 5.54 Å². The lowest BCUT2D eigenvalue weighted by atomic mass is 10.0. The Balaban J connectivity index is 2.36. The Morgan fingerprint density at radius 3 is 2.40 bits per heavy atom. The fourth-order valence-electron chi connectivity index (χ4n) is 2.25. The number of carbonyl (C=O) groups excluding carboxylic acids is 1. The maximum absolute atomic E-state index is 12.0. The summed E-state index contributed by atoms with van der Waals surface area (Å²) in [6.07, 6.45) is 2.52. The molecule has 1 heterocycles. The van der Waals surface area contributed by atoms with Crippen LogP contribution in [0.15, 0.2) is 0 Å². The fourth-order valence-corrected chi connectivity index (χ4v) is 2.25. The van der Waals surface area contributed by atoms with Crippen LogP contribution in [0.3, 0.4) is 0 Å². The molecule has 1 unspecified atom stereocenters. The SMILES string of the molecule is CC(CNC(=O)N(C)C(C)(C)C(=O)O)CN1CCCC1. The first-order valence-corrected chi connectivity index (χ1v) is 7.22. The Bertz CT molecular complexity index is 352. The predicted molar refractivity (Wildman–Crippen MR) is 77.7 cm³/mol. The number of aliphatic carboxylic acids is 1. The van der Waals surface area contributed by atoms with Crippen molar-refractivity contribution in [1.29, 1.82) is 0 Å². The summed E-state index contributed by atoms with van der Waals surface area (Å²) < 4.78 is 0. The van der Waals surface area contributed by atoms with Gasteiger partial charge in [0.25, 0.3) is 0 Å². The number of hydrogen-bond donors (Lipinski definition) is 2. The molecule has 0 aromatic heterocycles. The highest BCUT2D eigenvalue weighted by atomic mass is 16.4. The number of hydrogen-bond acceptors (Lipinski definition) is 3. The molecule has 0 radical (unpaired) electrons. The standard InChI is InChI=1S/C14H27N3O3/c1-11(10-17-7-5-6-8-17)9-15-13(20)16(4)14(2,3)12(18)19/h11H,5-10H2,1-4H3,(H,15,20)(H,18,19). The van der Waals surface area contributed by atoms with Gasteiger partial charge in [-0.25, -0.2) is 9.59 Å². The second kappa shape index (κ2) is 6.92. The number of likely N-dealkylation sites (tertiary alicyclic amines) is 1. The molecular weight excluding hydrogens is 258 g/mol. The van der Waals surface area contributed by atoms with Crippen LogP contribution < -0.4 is 5.32 Å². The molecule has 0 bridgehead atoms. The van der Waals surface area contributed by atoms with Crippen molar-refractivity contribution in [1.82, 2.24) is 15.1 Å². The number of rotatable bonds is 6. The van der Waals surface area contributed by atoms with Crippen LogP contribution in [-0.4, -0.2) is 65.7 Å². The first-order valence-electron chi connectivity index (χ1n) is 7.22. The molecule has 1 saturated heterocycles. The van der Waals surface area contributed by atoms with Gasteiger partial charge in [0.2, 0.25) is 0 Å². The van der Waals surface area contributed by atoms with Crippen LogP contribution in [0.4, 0.5) is 4.79 Å². The maximum Gasteiger partial charge on any atom is 0.329 e. The van der Waals surface area contributed by atoms with E-state index < -0.39 is 11.5 Å². The van der Waals surface area contributed by atoms with Crippen molar-refractivity contribution in [2.75, 3.05) is 33.2 Å². The summed E-state index contributed by atoms with van der Waals surface area (Å²) in [7, 11) is 1.51. The monoisotopic (exact) mass is 285 g/mol. The molecule has 0 spiro atoms. The first-order chi connectivity index (χ1) is 9.25. The fraction of sp³-hybridized carbons (Fsp3) is 0.857. The van der Waals surface area contributed by atoms with Gasteiger partial charge in [-0.05, 0) is 45.7 Å². The molecule has 6 nitrogen and oxygen atoms in total. The Morgan fingerprint density at radius 2 is 1.90 bits per heavy atom. The van der Waals surface area contributed by atoms with E-state index in [2.05, 4.69) is 17.1 Å². The molecule has 1 aliphatic rings. The average molecular weight is 285 g/mol. The Kier molecular flexibility index (Phi) is 5.80. The smallest absolute Gasteiger partial charge is 0.329 e. The van der Waals surface area contributed by atoms with Crippen LogP contribution in [0, 0.1) is 5.92 Å². The van der Waals surface area contributed by atoms with Crippen molar-refractivity contribution in [2.45, 2.75) is 39.2 Å². The van der Waals surface area contributed by atoms with E-state index >= 15 is 0 Å².